The van der Waals surface area contributed by atoms with Gasteiger partial charge in [0, 0.05) is 15.6 Å². The van der Waals surface area contributed by atoms with Crippen LogP contribution in [-0.4, -0.2) is 0 Å². The highest BCUT2D eigenvalue weighted by atomic mass is 79.9. The summed E-state index contributed by atoms with van der Waals surface area (Å²) >= 11 is 3.45. The summed E-state index contributed by atoms with van der Waals surface area (Å²) in [5.74, 6) is 6.15. The molecule has 0 N–H and O–H groups in total. The van der Waals surface area contributed by atoms with Crippen LogP contribution in [0.25, 0.3) is 0 Å². The fourth-order valence-corrected chi connectivity index (χ4v) is 1.71. The largest absolute Gasteiger partial charge is 0.192 e. The molecule has 2 heteroatoms. The minimum Gasteiger partial charge on any atom is -0.192 e. The summed E-state index contributed by atoms with van der Waals surface area (Å²) in [6, 6.07) is 17.1. The monoisotopic (exact) mass is 281 g/mol. The first-order chi connectivity index (χ1) is 8.29. The number of hydrogen-bond donors (Lipinski definition) is 0. The van der Waals surface area contributed by atoms with E-state index in [1.165, 1.54) is 0 Å². The fraction of sp³-hybridized carbons (Fsp3) is 0. The summed E-state index contributed by atoms with van der Waals surface area (Å²) < 4.78 is 0.987. The Labute approximate surface area is 109 Å². The van der Waals surface area contributed by atoms with Crippen molar-refractivity contribution >= 4 is 15.9 Å². The highest BCUT2D eigenvalue weighted by Gasteiger charge is 1.93. The van der Waals surface area contributed by atoms with Crippen molar-refractivity contribution < 1.29 is 0 Å². The van der Waals surface area contributed by atoms with Gasteiger partial charge >= 0.3 is 0 Å². The first-order valence-electron chi connectivity index (χ1n) is 5.06. The van der Waals surface area contributed by atoms with Gasteiger partial charge < -0.3 is 0 Å². The molecule has 0 radical (unpaired) electrons. The second-order valence-electron chi connectivity index (χ2n) is 3.42. The number of nitrogens with zero attached hydrogens (tertiary/aromatic N) is 1. The zero-order valence-corrected chi connectivity index (χ0v) is 10.5. The molecule has 1 nitrogen and oxygen atoms in total. The highest BCUT2D eigenvalue weighted by Crippen LogP contribution is 2.14. The second-order valence-corrected chi connectivity index (χ2v) is 4.27. The molecule has 0 fully saturated rings. The van der Waals surface area contributed by atoms with Crippen LogP contribution < -0.4 is 0 Å². The Hall–Kier alpha value is -2.03. The van der Waals surface area contributed by atoms with Crippen LogP contribution in [0.3, 0.4) is 0 Å². The van der Waals surface area contributed by atoms with E-state index in [-0.39, 0.29) is 0 Å². The zero-order valence-electron chi connectivity index (χ0n) is 8.94. The van der Waals surface area contributed by atoms with Crippen LogP contribution in [0.15, 0.2) is 53.0 Å². The van der Waals surface area contributed by atoms with Crippen LogP contribution in [0.5, 0.6) is 0 Å². The summed E-state index contributed by atoms with van der Waals surface area (Å²) in [4.78, 5) is 0. The maximum absolute atomic E-state index is 8.68. The van der Waals surface area contributed by atoms with Crippen molar-refractivity contribution in [1.29, 1.82) is 5.26 Å². The molecule has 0 unspecified atom stereocenters. The van der Waals surface area contributed by atoms with Crippen molar-refractivity contribution in [3.05, 3.63) is 69.7 Å². The Morgan fingerprint density at radius 2 is 1.47 bits per heavy atom. The van der Waals surface area contributed by atoms with Gasteiger partial charge in [-0.25, -0.2) is 0 Å². The number of halogens is 1. The third kappa shape index (κ3) is 2.97. The third-order valence-corrected chi connectivity index (χ3v) is 2.92. The molecule has 2 aromatic rings. The van der Waals surface area contributed by atoms with Crippen LogP contribution in [0.4, 0.5) is 0 Å². The van der Waals surface area contributed by atoms with Crippen LogP contribution in [-0.2, 0) is 0 Å². The van der Waals surface area contributed by atoms with Gasteiger partial charge in [0.1, 0.15) is 0 Å². The van der Waals surface area contributed by atoms with Crippen LogP contribution in [0, 0.1) is 23.2 Å². The molecule has 0 saturated heterocycles. The van der Waals surface area contributed by atoms with E-state index in [2.05, 4.69) is 33.8 Å². The Morgan fingerprint density at radius 3 is 2.12 bits per heavy atom. The lowest BCUT2D eigenvalue weighted by molar-refractivity contribution is 1.48. The average molecular weight is 282 g/mol. The molecule has 0 aliphatic rings. The van der Waals surface area contributed by atoms with E-state index in [0.29, 0.717) is 5.56 Å². The van der Waals surface area contributed by atoms with Gasteiger partial charge in [-0.3, -0.25) is 0 Å². The smallest absolute Gasteiger partial charge is 0.0991 e. The number of hydrogen-bond acceptors (Lipinski definition) is 1. The molecule has 0 aliphatic carbocycles. The number of rotatable bonds is 0. The standard InChI is InChI=1S/C15H8BrN/c16-15-4-2-1-3-14(15)10-9-12-5-7-13(11-17)8-6-12/h1-8H. The summed E-state index contributed by atoms with van der Waals surface area (Å²) in [6.45, 7) is 0. The molecular formula is C15H8BrN. The minimum atomic E-state index is 0.649. The van der Waals surface area contributed by atoms with Crippen molar-refractivity contribution in [3.8, 4) is 17.9 Å². The van der Waals surface area contributed by atoms with Gasteiger partial charge in [0.25, 0.3) is 0 Å². The summed E-state index contributed by atoms with van der Waals surface area (Å²) in [5, 5.41) is 8.68. The molecular weight excluding hydrogens is 274 g/mol. The lowest BCUT2D eigenvalue weighted by Gasteiger charge is -1.93. The van der Waals surface area contributed by atoms with Crippen LogP contribution >= 0.6 is 15.9 Å². The van der Waals surface area contributed by atoms with Gasteiger partial charge in [0.2, 0.25) is 0 Å². The van der Waals surface area contributed by atoms with Gasteiger partial charge in [-0.2, -0.15) is 5.26 Å². The van der Waals surface area contributed by atoms with Gasteiger partial charge in [0.05, 0.1) is 11.6 Å². The second kappa shape index (κ2) is 5.34. The van der Waals surface area contributed by atoms with Gasteiger partial charge in [0.15, 0.2) is 0 Å². The molecule has 0 spiro atoms. The lowest BCUT2D eigenvalue weighted by atomic mass is 10.1. The van der Waals surface area contributed by atoms with Crippen LogP contribution in [0.2, 0.25) is 0 Å². The molecule has 0 amide bonds. The topological polar surface area (TPSA) is 23.8 Å². The third-order valence-electron chi connectivity index (χ3n) is 2.23. The molecule has 0 aromatic heterocycles. The Bertz CT molecular complexity index is 624. The fourth-order valence-electron chi connectivity index (χ4n) is 1.33. The van der Waals surface area contributed by atoms with E-state index >= 15 is 0 Å². The lowest BCUT2D eigenvalue weighted by Crippen LogP contribution is -1.78. The number of benzene rings is 2. The van der Waals surface area contributed by atoms with E-state index in [9.17, 15) is 0 Å². The first-order valence-corrected chi connectivity index (χ1v) is 5.85. The van der Waals surface area contributed by atoms with Crippen molar-refractivity contribution in [2.75, 3.05) is 0 Å². The molecule has 0 atom stereocenters. The molecule has 0 bridgehead atoms. The van der Waals surface area contributed by atoms with E-state index < -0.39 is 0 Å². The van der Waals surface area contributed by atoms with Gasteiger partial charge in [-0.05, 0) is 52.3 Å². The van der Waals surface area contributed by atoms with E-state index in [1.54, 1.807) is 12.1 Å². The molecule has 0 aliphatic heterocycles. The molecule has 2 aromatic carbocycles. The van der Waals surface area contributed by atoms with E-state index in [0.717, 1.165) is 15.6 Å². The van der Waals surface area contributed by atoms with Crippen molar-refractivity contribution in [1.82, 2.24) is 0 Å². The van der Waals surface area contributed by atoms with Gasteiger partial charge in [-0.1, -0.05) is 24.0 Å². The molecule has 2 rings (SSSR count). The normalized spacial score (nSPS) is 8.94. The number of nitriles is 1. The van der Waals surface area contributed by atoms with E-state index in [1.807, 2.05) is 36.4 Å². The Kier molecular flexibility index (Phi) is 3.60. The predicted molar refractivity (Wildman–Crippen MR) is 71.3 cm³/mol. The summed E-state index contributed by atoms with van der Waals surface area (Å²) in [6.07, 6.45) is 0. The molecule has 17 heavy (non-hydrogen) atoms. The maximum atomic E-state index is 8.68. The summed E-state index contributed by atoms with van der Waals surface area (Å²) in [7, 11) is 0. The maximum Gasteiger partial charge on any atom is 0.0991 e. The van der Waals surface area contributed by atoms with Crippen molar-refractivity contribution in [2.45, 2.75) is 0 Å². The van der Waals surface area contributed by atoms with Crippen LogP contribution in [0.1, 0.15) is 16.7 Å². The average Bonchev–Trinajstić information content (AvgIpc) is 2.38. The molecule has 80 valence electrons. The highest BCUT2D eigenvalue weighted by molar-refractivity contribution is 9.10. The minimum absolute atomic E-state index is 0.649. The molecule has 0 saturated carbocycles. The molecule has 0 heterocycles. The Morgan fingerprint density at radius 1 is 0.824 bits per heavy atom. The van der Waals surface area contributed by atoms with E-state index in [4.69, 9.17) is 5.26 Å². The van der Waals surface area contributed by atoms with Crippen molar-refractivity contribution in [2.24, 2.45) is 0 Å². The van der Waals surface area contributed by atoms with Gasteiger partial charge in [-0.15, -0.1) is 0 Å². The SMILES string of the molecule is N#Cc1ccc(C#Cc2ccccc2Br)cc1. The Balaban J connectivity index is 2.28. The first kappa shape index (κ1) is 11.5. The zero-order chi connectivity index (χ0) is 12.1. The predicted octanol–water partition coefficient (Wildman–Crippen LogP) is 3.72. The van der Waals surface area contributed by atoms with Crippen molar-refractivity contribution in [3.63, 3.8) is 0 Å². The quantitative estimate of drug-likeness (QED) is 0.675. The summed E-state index contributed by atoms with van der Waals surface area (Å²) in [5.41, 5.74) is 2.51.